The maximum absolute atomic E-state index is 13.7. The number of aromatic nitrogens is 1. The Hall–Kier alpha value is -3.74. The van der Waals surface area contributed by atoms with E-state index in [0.717, 1.165) is 5.56 Å². The molecule has 5 rings (SSSR count). The van der Waals surface area contributed by atoms with Crippen molar-refractivity contribution in [3.8, 4) is 22.6 Å². The first-order valence-electron chi connectivity index (χ1n) is 8.67. The van der Waals surface area contributed by atoms with Gasteiger partial charge >= 0.3 is 0 Å². The molecule has 3 aromatic rings. The topological polar surface area (TPSA) is 80.8 Å². The zero-order chi connectivity index (χ0) is 19.5. The number of nitrogens with two attached hydrogens (primary N) is 1. The number of halogens is 1. The smallest absolute Gasteiger partial charge is 0.266 e. The maximum atomic E-state index is 13.7. The van der Waals surface area contributed by atoms with Crippen molar-refractivity contribution in [3.05, 3.63) is 77.9 Å². The molecule has 1 amide bonds. The number of aliphatic imine (C=N–C) groups is 1. The number of fused-ring (bicyclic) bond motifs is 4. The Morgan fingerprint density at radius 3 is 2.64 bits per heavy atom. The number of carbonyl (C=O) groups excluding carboxylic acids is 1. The monoisotopic (exact) mass is 374 g/mol. The van der Waals surface area contributed by atoms with Gasteiger partial charge < -0.3 is 10.5 Å². The molecule has 1 unspecified atom stereocenters. The summed E-state index contributed by atoms with van der Waals surface area (Å²) in [6, 6.07) is 13.4. The van der Waals surface area contributed by atoms with E-state index in [1.165, 1.54) is 17.0 Å². The van der Waals surface area contributed by atoms with Crippen LogP contribution in [0.1, 0.15) is 11.1 Å². The number of pyridine rings is 1. The second-order valence-corrected chi connectivity index (χ2v) is 6.74. The van der Waals surface area contributed by atoms with E-state index in [-0.39, 0.29) is 17.7 Å². The Labute approximate surface area is 160 Å². The average Bonchev–Trinajstić information content (AvgIpc) is 2.93. The lowest BCUT2D eigenvalue weighted by Gasteiger charge is -2.33. The highest BCUT2D eigenvalue weighted by molar-refractivity contribution is 6.10. The zero-order valence-electron chi connectivity index (χ0n) is 14.9. The molecule has 0 bridgehead atoms. The molecule has 1 spiro atoms. The Bertz CT molecular complexity index is 1180. The first-order valence-corrected chi connectivity index (χ1v) is 8.67. The van der Waals surface area contributed by atoms with Gasteiger partial charge in [0.25, 0.3) is 5.91 Å². The van der Waals surface area contributed by atoms with Gasteiger partial charge in [-0.2, -0.15) is 0 Å². The van der Waals surface area contributed by atoms with Crippen molar-refractivity contribution < 1.29 is 13.9 Å². The van der Waals surface area contributed by atoms with E-state index in [2.05, 4.69) is 9.98 Å². The van der Waals surface area contributed by atoms with Gasteiger partial charge in [0.15, 0.2) is 11.7 Å². The second kappa shape index (κ2) is 5.63. The van der Waals surface area contributed by atoms with Crippen molar-refractivity contribution in [2.75, 3.05) is 7.05 Å². The van der Waals surface area contributed by atoms with Crippen LogP contribution < -0.4 is 10.5 Å². The fourth-order valence-electron chi connectivity index (χ4n) is 3.77. The molecule has 0 aliphatic carbocycles. The van der Waals surface area contributed by atoms with Crippen LogP contribution in [0.25, 0.3) is 11.1 Å². The Balaban J connectivity index is 1.79. The first kappa shape index (κ1) is 16.4. The quantitative estimate of drug-likeness (QED) is 0.710. The van der Waals surface area contributed by atoms with E-state index in [4.69, 9.17) is 10.5 Å². The van der Waals surface area contributed by atoms with Crippen LogP contribution in [0.3, 0.4) is 0 Å². The van der Waals surface area contributed by atoms with Gasteiger partial charge in [-0.05, 0) is 41.5 Å². The highest BCUT2D eigenvalue weighted by Gasteiger charge is 2.54. The molecule has 2 N–H and O–H groups in total. The molecule has 6 nitrogen and oxygen atoms in total. The fourth-order valence-corrected chi connectivity index (χ4v) is 3.77. The normalized spacial score (nSPS) is 19.9. The predicted octanol–water partition coefficient (Wildman–Crippen LogP) is 3.02. The molecule has 28 heavy (non-hydrogen) atoms. The molecule has 1 aromatic heterocycles. The van der Waals surface area contributed by atoms with E-state index in [1.54, 1.807) is 49.8 Å². The molecule has 2 aromatic carbocycles. The summed E-state index contributed by atoms with van der Waals surface area (Å²) in [5.74, 6) is 0.446. The van der Waals surface area contributed by atoms with Crippen molar-refractivity contribution in [2.45, 2.75) is 5.54 Å². The minimum absolute atomic E-state index is 0.122. The maximum Gasteiger partial charge on any atom is 0.266 e. The molecule has 2 aliphatic heterocycles. The molecular weight excluding hydrogens is 359 g/mol. The Morgan fingerprint density at radius 1 is 1.07 bits per heavy atom. The predicted molar refractivity (Wildman–Crippen MR) is 101 cm³/mol. The lowest BCUT2D eigenvalue weighted by Crippen LogP contribution is -2.42. The van der Waals surface area contributed by atoms with Gasteiger partial charge in [0.05, 0.1) is 6.20 Å². The van der Waals surface area contributed by atoms with E-state index in [9.17, 15) is 9.18 Å². The van der Waals surface area contributed by atoms with E-state index >= 15 is 0 Å². The summed E-state index contributed by atoms with van der Waals surface area (Å²) >= 11 is 0. The Kier molecular flexibility index (Phi) is 3.30. The molecule has 0 saturated heterocycles. The Morgan fingerprint density at radius 2 is 1.89 bits per heavy atom. The number of likely N-dealkylation sites (N-methyl/N-ethyl adjacent to an activating group) is 1. The van der Waals surface area contributed by atoms with Crippen molar-refractivity contribution in [1.82, 2.24) is 9.88 Å². The van der Waals surface area contributed by atoms with Gasteiger partial charge in [-0.25, -0.2) is 9.38 Å². The number of carbonyl (C=O) groups is 1. The van der Waals surface area contributed by atoms with Crippen LogP contribution in [-0.4, -0.2) is 28.8 Å². The van der Waals surface area contributed by atoms with Crippen molar-refractivity contribution in [1.29, 1.82) is 0 Å². The zero-order valence-corrected chi connectivity index (χ0v) is 14.9. The lowest BCUT2D eigenvalue weighted by molar-refractivity contribution is -0.129. The number of benzene rings is 2. The molecule has 0 fully saturated rings. The summed E-state index contributed by atoms with van der Waals surface area (Å²) in [6.45, 7) is 0. The van der Waals surface area contributed by atoms with Gasteiger partial charge in [-0.1, -0.05) is 18.2 Å². The second-order valence-electron chi connectivity index (χ2n) is 6.74. The van der Waals surface area contributed by atoms with E-state index in [1.807, 2.05) is 6.07 Å². The highest BCUT2D eigenvalue weighted by atomic mass is 19.1. The minimum atomic E-state index is -1.35. The molecule has 2 aliphatic rings. The summed E-state index contributed by atoms with van der Waals surface area (Å²) in [4.78, 5) is 23.3. The van der Waals surface area contributed by atoms with Gasteiger partial charge in [-0.3, -0.25) is 14.7 Å². The molecule has 0 saturated carbocycles. The molecule has 0 radical (unpaired) electrons. The van der Waals surface area contributed by atoms with Crippen LogP contribution in [0, 0.1) is 5.82 Å². The van der Waals surface area contributed by atoms with Crippen LogP contribution in [0.15, 0.2) is 65.9 Å². The molecule has 1 atom stereocenters. The number of guanidine groups is 1. The van der Waals surface area contributed by atoms with Gasteiger partial charge in [0.1, 0.15) is 11.6 Å². The first-order chi connectivity index (χ1) is 13.5. The van der Waals surface area contributed by atoms with Crippen molar-refractivity contribution in [2.24, 2.45) is 10.7 Å². The summed E-state index contributed by atoms with van der Waals surface area (Å²) in [5.41, 5.74) is 7.22. The number of hydrogen-bond acceptors (Lipinski definition) is 5. The summed E-state index contributed by atoms with van der Waals surface area (Å²) in [7, 11) is 1.59. The van der Waals surface area contributed by atoms with Crippen LogP contribution in [0.2, 0.25) is 0 Å². The molecule has 3 heterocycles. The van der Waals surface area contributed by atoms with Crippen LogP contribution >= 0.6 is 0 Å². The van der Waals surface area contributed by atoms with Crippen molar-refractivity contribution >= 4 is 11.9 Å². The number of amides is 1. The third-order valence-electron chi connectivity index (χ3n) is 5.16. The highest BCUT2D eigenvalue weighted by Crippen LogP contribution is 2.52. The van der Waals surface area contributed by atoms with Crippen LogP contribution in [0.4, 0.5) is 4.39 Å². The van der Waals surface area contributed by atoms with Gasteiger partial charge in [0.2, 0.25) is 5.54 Å². The SMILES string of the molecule is CN1C(=O)C2(N=C1N)c1ccncc1Oc1ccc(-c3cccc(F)c3)cc12. The minimum Gasteiger partial charge on any atom is -0.455 e. The van der Waals surface area contributed by atoms with E-state index < -0.39 is 5.54 Å². The fraction of sp³-hybridized carbons (Fsp3) is 0.0952. The van der Waals surface area contributed by atoms with Crippen molar-refractivity contribution in [3.63, 3.8) is 0 Å². The lowest BCUT2D eigenvalue weighted by atomic mass is 9.79. The van der Waals surface area contributed by atoms with Crippen LogP contribution in [0.5, 0.6) is 11.5 Å². The van der Waals surface area contributed by atoms with Gasteiger partial charge in [0, 0.05) is 24.4 Å². The summed E-state index contributed by atoms with van der Waals surface area (Å²) in [5, 5.41) is 0. The summed E-state index contributed by atoms with van der Waals surface area (Å²) in [6.07, 6.45) is 3.14. The number of rotatable bonds is 1. The molecule has 138 valence electrons. The number of nitrogens with zero attached hydrogens (tertiary/aromatic N) is 3. The number of ether oxygens (including phenoxy) is 1. The average molecular weight is 374 g/mol. The third-order valence-corrected chi connectivity index (χ3v) is 5.16. The largest absolute Gasteiger partial charge is 0.455 e. The molecule has 7 heteroatoms. The molecular formula is C21H15FN4O2. The van der Waals surface area contributed by atoms with Crippen LogP contribution in [-0.2, 0) is 10.3 Å². The van der Waals surface area contributed by atoms with Gasteiger partial charge in [-0.15, -0.1) is 0 Å². The standard InChI is InChI=1S/C21H15FN4O2/c1-26-19(27)21(25-20(26)23)15-7-8-24-11-18(15)28-17-6-5-13(10-16(17)21)12-3-2-4-14(22)9-12/h2-11H,1H3,(H2,23,25). The van der Waals surface area contributed by atoms with E-state index in [0.29, 0.717) is 28.2 Å². The third kappa shape index (κ3) is 2.10. The number of hydrogen-bond donors (Lipinski definition) is 1. The summed E-state index contributed by atoms with van der Waals surface area (Å²) < 4.78 is 19.7.